The average molecular weight is 389 g/mol. The van der Waals surface area contributed by atoms with E-state index >= 15 is 0 Å². The quantitative estimate of drug-likeness (QED) is 0.464. The highest BCUT2D eigenvalue weighted by Gasteiger charge is 2.18. The van der Waals surface area contributed by atoms with Crippen LogP contribution in [0, 0.1) is 10.1 Å². The predicted molar refractivity (Wildman–Crippen MR) is 99.9 cm³/mol. The molecule has 0 fully saturated rings. The van der Waals surface area contributed by atoms with Crippen molar-refractivity contribution < 1.29 is 19.2 Å². The van der Waals surface area contributed by atoms with E-state index in [4.69, 9.17) is 16.3 Å². The first-order valence-electron chi connectivity index (χ1n) is 8.42. The highest BCUT2D eigenvalue weighted by molar-refractivity contribution is 6.31. The van der Waals surface area contributed by atoms with E-state index in [2.05, 4.69) is 5.32 Å². The molecule has 0 radical (unpaired) electrons. The van der Waals surface area contributed by atoms with Gasteiger partial charge in [0, 0.05) is 11.1 Å². The molecule has 140 valence electrons. The fourth-order valence-electron chi connectivity index (χ4n) is 3.05. The third-order valence-corrected chi connectivity index (χ3v) is 4.54. The maximum Gasteiger partial charge on any atom is 0.310 e. The third-order valence-electron chi connectivity index (χ3n) is 4.31. The molecule has 27 heavy (non-hydrogen) atoms. The summed E-state index contributed by atoms with van der Waals surface area (Å²) in [5.74, 6) is -1.20. The van der Waals surface area contributed by atoms with Crippen LogP contribution in [0.25, 0.3) is 0 Å². The van der Waals surface area contributed by atoms with Crippen molar-refractivity contribution in [3.05, 3.63) is 68.2 Å². The van der Waals surface area contributed by atoms with Crippen molar-refractivity contribution in [2.24, 2.45) is 0 Å². The van der Waals surface area contributed by atoms with Gasteiger partial charge in [-0.1, -0.05) is 29.8 Å². The van der Waals surface area contributed by atoms with E-state index in [-0.39, 0.29) is 22.8 Å². The molecule has 0 atom stereocenters. The Bertz CT molecular complexity index is 913. The number of nitro benzene ring substituents is 1. The number of esters is 1. The van der Waals surface area contributed by atoms with Crippen LogP contribution in [0.2, 0.25) is 5.02 Å². The number of amides is 1. The Morgan fingerprint density at radius 3 is 2.70 bits per heavy atom. The number of halogens is 1. The van der Waals surface area contributed by atoms with Crippen molar-refractivity contribution >= 4 is 34.9 Å². The van der Waals surface area contributed by atoms with Crippen molar-refractivity contribution in [1.82, 2.24) is 0 Å². The minimum atomic E-state index is -0.664. The number of benzene rings is 2. The molecule has 3 rings (SSSR count). The van der Waals surface area contributed by atoms with Crippen molar-refractivity contribution in [3.8, 4) is 0 Å². The molecule has 0 saturated heterocycles. The lowest BCUT2D eigenvalue weighted by atomic mass is 10.0. The van der Waals surface area contributed by atoms with Gasteiger partial charge in [-0.15, -0.1) is 0 Å². The average Bonchev–Trinajstić information content (AvgIpc) is 3.09. The van der Waals surface area contributed by atoms with Crippen molar-refractivity contribution in [3.63, 3.8) is 0 Å². The lowest BCUT2D eigenvalue weighted by Gasteiger charge is -2.08. The molecule has 0 aromatic heterocycles. The van der Waals surface area contributed by atoms with E-state index in [1.807, 2.05) is 18.2 Å². The van der Waals surface area contributed by atoms with E-state index < -0.39 is 23.4 Å². The number of fused-ring (bicyclic) bond motifs is 1. The number of rotatable bonds is 6. The van der Waals surface area contributed by atoms with Gasteiger partial charge in [0.05, 0.1) is 11.3 Å². The molecule has 0 unspecified atom stereocenters. The number of nitrogens with zero attached hydrogens (tertiary/aromatic N) is 1. The second kappa shape index (κ2) is 8.18. The van der Waals surface area contributed by atoms with Crippen LogP contribution in [0.3, 0.4) is 0 Å². The molecule has 1 amide bonds. The minimum absolute atomic E-state index is 0.0101. The van der Waals surface area contributed by atoms with Crippen LogP contribution in [-0.4, -0.2) is 23.4 Å². The van der Waals surface area contributed by atoms with Crippen LogP contribution in [0.15, 0.2) is 36.4 Å². The maximum atomic E-state index is 12.0. The van der Waals surface area contributed by atoms with E-state index in [0.717, 1.165) is 30.9 Å². The fraction of sp³-hybridized carbons (Fsp3) is 0.263. The highest BCUT2D eigenvalue weighted by Crippen LogP contribution is 2.27. The second-order valence-corrected chi connectivity index (χ2v) is 6.70. The summed E-state index contributed by atoms with van der Waals surface area (Å²) < 4.78 is 4.98. The van der Waals surface area contributed by atoms with Crippen LogP contribution in [-0.2, 0) is 33.6 Å². The first kappa shape index (κ1) is 18.8. The summed E-state index contributed by atoms with van der Waals surface area (Å²) in [6.45, 7) is -0.524. The van der Waals surface area contributed by atoms with E-state index in [0.29, 0.717) is 0 Å². The summed E-state index contributed by atoms with van der Waals surface area (Å²) >= 11 is 5.73. The van der Waals surface area contributed by atoms with Crippen LogP contribution in [0.4, 0.5) is 11.4 Å². The Kier molecular flexibility index (Phi) is 5.71. The lowest BCUT2D eigenvalue weighted by molar-refractivity contribution is -0.383. The number of hydrogen-bond donors (Lipinski definition) is 1. The van der Waals surface area contributed by atoms with Gasteiger partial charge in [0.1, 0.15) is 5.69 Å². The zero-order chi connectivity index (χ0) is 19.4. The molecule has 0 bridgehead atoms. The van der Waals surface area contributed by atoms with Crippen molar-refractivity contribution in [2.75, 3.05) is 11.9 Å². The molecule has 1 aliphatic rings. The summed E-state index contributed by atoms with van der Waals surface area (Å²) in [4.78, 5) is 34.3. The number of hydrogen-bond acceptors (Lipinski definition) is 5. The van der Waals surface area contributed by atoms with Gasteiger partial charge in [-0.3, -0.25) is 19.7 Å². The number of ether oxygens (including phenoxy) is 1. The van der Waals surface area contributed by atoms with Crippen LogP contribution in [0.1, 0.15) is 23.1 Å². The Morgan fingerprint density at radius 2 is 1.93 bits per heavy atom. The zero-order valence-electron chi connectivity index (χ0n) is 14.4. The zero-order valence-corrected chi connectivity index (χ0v) is 15.1. The Hall–Kier alpha value is -2.93. The minimum Gasteiger partial charge on any atom is -0.455 e. The molecular formula is C19H17ClN2O5. The van der Waals surface area contributed by atoms with Crippen LogP contribution >= 0.6 is 11.6 Å². The molecule has 1 N–H and O–H groups in total. The number of nitro groups is 1. The molecule has 0 spiro atoms. The molecular weight excluding hydrogens is 372 g/mol. The van der Waals surface area contributed by atoms with Crippen LogP contribution < -0.4 is 5.32 Å². The first-order valence-corrected chi connectivity index (χ1v) is 8.80. The largest absolute Gasteiger partial charge is 0.455 e. The maximum absolute atomic E-state index is 12.0. The molecule has 2 aromatic carbocycles. The van der Waals surface area contributed by atoms with E-state index in [1.54, 1.807) is 0 Å². The van der Waals surface area contributed by atoms with Gasteiger partial charge in [0.2, 0.25) is 0 Å². The van der Waals surface area contributed by atoms with Gasteiger partial charge in [-0.25, -0.2) is 0 Å². The first-order chi connectivity index (χ1) is 12.9. The van der Waals surface area contributed by atoms with Gasteiger partial charge >= 0.3 is 5.97 Å². The summed E-state index contributed by atoms with van der Waals surface area (Å²) in [5.41, 5.74) is 3.07. The van der Waals surface area contributed by atoms with Gasteiger partial charge < -0.3 is 10.1 Å². The lowest BCUT2D eigenvalue weighted by Crippen LogP contribution is -2.22. The smallest absolute Gasteiger partial charge is 0.310 e. The number of nitrogens with one attached hydrogen (secondary N) is 1. The topological polar surface area (TPSA) is 98.5 Å². The van der Waals surface area contributed by atoms with Gasteiger partial charge in [-0.2, -0.15) is 0 Å². The molecule has 0 heterocycles. The number of carbonyl (C=O) groups is 2. The molecule has 7 nitrogen and oxygen atoms in total. The summed E-state index contributed by atoms with van der Waals surface area (Å²) in [6.07, 6.45) is 3.28. The van der Waals surface area contributed by atoms with Gasteiger partial charge in [-0.05, 0) is 48.1 Å². The van der Waals surface area contributed by atoms with E-state index in [9.17, 15) is 19.7 Å². The number of aryl methyl sites for hydroxylation is 2. The monoisotopic (exact) mass is 388 g/mol. The standard InChI is InChI=1S/C19H17ClN2O5/c20-15-6-7-16(17(10-15)22(25)26)21-18(23)11-27-19(24)9-12-4-5-13-2-1-3-14(13)8-12/h4-8,10H,1-3,9,11H2,(H,21,23). The number of carbonyl (C=O) groups excluding carboxylic acids is 2. The second-order valence-electron chi connectivity index (χ2n) is 6.26. The molecule has 8 heteroatoms. The summed E-state index contributed by atoms with van der Waals surface area (Å²) in [7, 11) is 0. The molecule has 2 aromatic rings. The predicted octanol–water partition coefficient (Wildman–Crippen LogP) is 3.46. The normalized spacial score (nSPS) is 12.3. The summed E-state index contributed by atoms with van der Waals surface area (Å²) in [6, 6.07) is 9.80. The van der Waals surface area contributed by atoms with Gasteiger partial charge in [0.25, 0.3) is 11.6 Å². The SMILES string of the molecule is O=C(COC(=O)Cc1ccc2c(c1)CCC2)Nc1ccc(Cl)cc1[N+](=O)[O-]. The van der Waals surface area contributed by atoms with Crippen LogP contribution in [0.5, 0.6) is 0 Å². The number of anilines is 1. The Morgan fingerprint density at radius 1 is 1.15 bits per heavy atom. The Balaban J connectivity index is 1.53. The highest BCUT2D eigenvalue weighted by atomic mass is 35.5. The van der Waals surface area contributed by atoms with Crippen molar-refractivity contribution in [1.29, 1.82) is 0 Å². The van der Waals surface area contributed by atoms with Gasteiger partial charge in [0.15, 0.2) is 6.61 Å². The molecule has 1 aliphatic carbocycles. The molecule has 0 saturated carbocycles. The fourth-order valence-corrected chi connectivity index (χ4v) is 3.21. The van der Waals surface area contributed by atoms with E-state index in [1.165, 1.54) is 23.3 Å². The summed E-state index contributed by atoms with van der Waals surface area (Å²) in [5, 5.41) is 13.6. The Labute approximate surface area is 160 Å². The third kappa shape index (κ3) is 4.83. The van der Waals surface area contributed by atoms with Crippen molar-refractivity contribution in [2.45, 2.75) is 25.7 Å². The molecule has 0 aliphatic heterocycles.